The van der Waals surface area contributed by atoms with Crippen molar-refractivity contribution in [3.63, 3.8) is 0 Å². The number of ketones is 1. The van der Waals surface area contributed by atoms with E-state index in [-0.39, 0.29) is 11.0 Å². The number of hydrogen-bond acceptors (Lipinski definition) is 2. The molecule has 4 saturated carbocycles. The molecule has 0 saturated heterocycles. The van der Waals surface area contributed by atoms with Crippen LogP contribution < -0.4 is 0 Å². The molecule has 5 rings (SSSR count). The molecule has 1 aromatic rings. The first-order chi connectivity index (χ1) is 16.4. The van der Waals surface area contributed by atoms with Gasteiger partial charge < -0.3 is 4.74 Å². The molecule has 0 amide bonds. The predicted octanol–water partition coefficient (Wildman–Crippen LogP) is 8.18. The number of carbonyl (C=O) groups excluding carboxylic acids is 1. The van der Waals surface area contributed by atoms with Gasteiger partial charge in [-0.05, 0) is 92.4 Å². The summed E-state index contributed by atoms with van der Waals surface area (Å²) in [4.78, 5) is 12.8. The highest BCUT2D eigenvalue weighted by atomic mass is 16.5. The Kier molecular flexibility index (Phi) is 7.01. The number of carbonyl (C=O) groups is 1. The van der Waals surface area contributed by atoms with E-state index in [2.05, 4.69) is 51.1 Å². The second-order valence-electron chi connectivity index (χ2n) is 13.0. The van der Waals surface area contributed by atoms with Crippen LogP contribution in [0.2, 0.25) is 0 Å². The molecule has 0 heterocycles. The Labute approximate surface area is 208 Å². The second kappa shape index (κ2) is 9.72. The van der Waals surface area contributed by atoms with Crippen molar-refractivity contribution in [3.05, 3.63) is 35.9 Å². The summed E-state index contributed by atoms with van der Waals surface area (Å²) >= 11 is 0. The normalized spacial score (nSPS) is 41.6. The maximum atomic E-state index is 12.8. The zero-order chi connectivity index (χ0) is 23.8. The molecule has 4 aliphatic rings. The molecule has 188 valence electrons. The highest BCUT2D eigenvalue weighted by Gasteiger charge is 2.61. The Morgan fingerprint density at radius 2 is 1.74 bits per heavy atom. The third-order valence-electron chi connectivity index (χ3n) is 11.3. The quantitative estimate of drug-likeness (QED) is 0.363. The zero-order valence-electron chi connectivity index (χ0n) is 22.1. The predicted molar refractivity (Wildman–Crippen MR) is 140 cm³/mol. The minimum atomic E-state index is -0.00228. The summed E-state index contributed by atoms with van der Waals surface area (Å²) in [5.74, 6) is 3.59. The van der Waals surface area contributed by atoms with Crippen molar-refractivity contribution in [3.8, 4) is 0 Å². The Hall–Kier alpha value is -1.15. The van der Waals surface area contributed by atoms with Crippen molar-refractivity contribution in [2.45, 2.75) is 116 Å². The molecule has 1 unspecified atom stereocenters. The first kappa shape index (κ1) is 24.5. The lowest BCUT2D eigenvalue weighted by molar-refractivity contribution is -0.167. The Morgan fingerprint density at radius 3 is 2.53 bits per heavy atom. The molecule has 7 atom stereocenters. The monoisotopic (exact) mass is 464 g/mol. The molecular formula is C32H48O2. The fourth-order valence-corrected chi connectivity index (χ4v) is 9.21. The standard InChI is InChI=1S/C32H48O2/c1-4-5-6-10-21-34-32(22-24-11-8-7-9-12-24)20-19-30(2)25(23-32)13-14-26-27-15-16-29(33)31(27,3)18-17-28(26)30/h7-9,11-12,25-28H,4-6,10,13-23H2,1-3H3/t25?,26-,27-,28-,30-,31-,32-/m0/s1. The third kappa shape index (κ3) is 4.31. The van der Waals surface area contributed by atoms with Gasteiger partial charge in [-0.3, -0.25) is 4.79 Å². The number of ether oxygens (including phenoxy) is 1. The van der Waals surface area contributed by atoms with Gasteiger partial charge in [0.2, 0.25) is 0 Å². The van der Waals surface area contributed by atoms with Gasteiger partial charge in [-0.1, -0.05) is 70.4 Å². The minimum Gasteiger partial charge on any atom is -0.375 e. The summed E-state index contributed by atoms with van der Waals surface area (Å²) in [6.07, 6.45) is 17.0. The molecule has 0 radical (unpaired) electrons. The van der Waals surface area contributed by atoms with Crippen LogP contribution in [-0.4, -0.2) is 18.0 Å². The second-order valence-corrected chi connectivity index (χ2v) is 13.0. The van der Waals surface area contributed by atoms with Crippen LogP contribution in [0.4, 0.5) is 0 Å². The van der Waals surface area contributed by atoms with Gasteiger partial charge in [0.05, 0.1) is 5.60 Å². The van der Waals surface area contributed by atoms with Gasteiger partial charge in [0.15, 0.2) is 0 Å². The van der Waals surface area contributed by atoms with Crippen molar-refractivity contribution < 1.29 is 9.53 Å². The summed E-state index contributed by atoms with van der Waals surface area (Å²) in [7, 11) is 0. The highest BCUT2D eigenvalue weighted by molar-refractivity contribution is 5.87. The van der Waals surface area contributed by atoms with Crippen LogP contribution in [0.1, 0.15) is 110 Å². The molecule has 0 aromatic heterocycles. The van der Waals surface area contributed by atoms with E-state index in [1.165, 1.54) is 69.8 Å². The summed E-state index contributed by atoms with van der Waals surface area (Å²) in [5.41, 5.74) is 1.88. The van der Waals surface area contributed by atoms with Crippen LogP contribution in [0, 0.1) is 34.5 Å². The van der Waals surface area contributed by atoms with Crippen molar-refractivity contribution >= 4 is 5.78 Å². The van der Waals surface area contributed by atoms with E-state index >= 15 is 0 Å². The fourth-order valence-electron chi connectivity index (χ4n) is 9.21. The molecule has 2 heteroatoms. The fraction of sp³-hybridized carbons (Fsp3) is 0.781. The molecule has 4 fully saturated rings. The zero-order valence-corrected chi connectivity index (χ0v) is 22.1. The first-order valence-corrected chi connectivity index (χ1v) is 14.6. The van der Waals surface area contributed by atoms with Gasteiger partial charge in [-0.25, -0.2) is 0 Å². The number of unbranched alkanes of at least 4 members (excludes halogenated alkanes) is 3. The van der Waals surface area contributed by atoms with E-state index in [0.29, 0.717) is 17.1 Å². The molecule has 0 spiro atoms. The number of benzene rings is 1. The Bertz CT molecular complexity index is 848. The largest absolute Gasteiger partial charge is 0.375 e. The van der Waals surface area contributed by atoms with Crippen molar-refractivity contribution in [2.75, 3.05) is 6.61 Å². The molecule has 34 heavy (non-hydrogen) atoms. The molecule has 0 bridgehead atoms. The number of hydrogen-bond donors (Lipinski definition) is 0. The van der Waals surface area contributed by atoms with E-state index in [1.54, 1.807) is 0 Å². The lowest BCUT2D eigenvalue weighted by atomic mass is 9.44. The summed E-state index contributed by atoms with van der Waals surface area (Å²) in [5, 5.41) is 0. The van der Waals surface area contributed by atoms with Crippen LogP contribution in [0.15, 0.2) is 30.3 Å². The van der Waals surface area contributed by atoms with Crippen LogP contribution in [-0.2, 0) is 16.0 Å². The van der Waals surface area contributed by atoms with Crippen LogP contribution in [0.3, 0.4) is 0 Å². The number of Topliss-reactive ketones (excluding diaryl/α,β-unsaturated/α-hetero) is 1. The maximum absolute atomic E-state index is 12.8. The highest BCUT2D eigenvalue weighted by Crippen LogP contribution is 2.66. The first-order valence-electron chi connectivity index (χ1n) is 14.6. The third-order valence-corrected chi connectivity index (χ3v) is 11.3. The van der Waals surface area contributed by atoms with Crippen LogP contribution in [0.5, 0.6) is 0 Å². The topological polar surface area (TPSA) is 26.3 Å². The summed E-state index contributed by atoms with van der Waals surface area (Å²) in [6, 6.07) is 11.1. The van der Waals surface area contributed by atoms with Crippen molar-refractivity contribution in [2.24, 2.45) is 34.5 Å². The molecule has 0 N–H and O–H groups in total. The van der Waals surface area contributed by atoms with E-state index in [0.717, 1.165) is 50.0 Å². The molecule has 2 nitrogen and oxygen atoms in total. The van der Waals surface area contributed by atoms with Gasteiger partial charge in [-0.15, -0.1) is 0 Å². The van der Waals surface area contributed by atoms with Crippen molar-refractivity contribution in [1.82, 2.24) is 0 Å². The smallest absolute Gasteiger partial charge is 0.139 e. The van der Waals surface area contributed by atoms with E-state index in [9.17, 15) is 4.79 Å². The van der Waals surface area contributed by atoms with Gasteiger partial charge in [0.25, 0.3) is 0 Å². The molecular weight excluding hydrogens is 416 g/mol. The van der Waals surface area contributed by atoms with E-state index in [4.69, 9.17) is 4.74 Å². The SMILES string of the molecule is CCCCCCO[C@]1(Cc2ccccc2)CC[C@@]2(C)C(CC[C@@H]3[C@@H]2CC[C@]2(C)C(=O)CC[C@@H]32)C1. The van der Waals surface area contributed by atoms with Crippen LogP contribution >= 0.6 is 0 Å². The van der Waals surface area contributed by atoms with E-state index in [1.807, 2.05) is 0 Å². The average molecular weight is 465 g/mol. The van der Waals surface area contributed by atoms with Gasteiger partial charge in [0.1, 0.15) is 5.78 Å². The lowest BCUT2D eigenvalue weighted by Crippen LogP contribution is -2.56. The van der Waals surface area contributed by atoms with Crippen molar-refractivity contribution in [1.29, 1.82) is 0 Å². The Balaban J connectivity index is 1.33. The minimum absolute atomic E-state index is 0.00228. The van der Waals surface area contributed by atoms with Gasteiger partial charge in [0, 0.05) is 24.9 Å². The van der Waals surface area contributed by atoms with E-state index < -0.39 is 0 Å². The molecule has 0 aliphatic heterocycles. The summed E-state index contributed by atoms with van der Waals surface area (Å²) < 4.78 is 6.91. The van der Waals surface area contributed by atoms with Crippen LogP contribution in [0.25, 0.3) is 0 Å². The van der Waals surface area contributed by atoms with Gasteiger partial charge in [-0.2, -0.15) is 0 Å². The number of fused-ring (bicyclic) bond motifs is 5. The lowest BCUT2D eigenvalue weighted by Gasteiger charge is -2.62. The Morgan fingerprint density at radius 1 is 0.912 bits per heavy atom. The average Bonchev–Trinajstić information content (AvgIpc) is 3.14. The number of rotatable bonds is 8. The molecule has 1 aromatic carbocycles. The summed E-state index contributed by atoms with van der Waals surface area (Å²) in [6.45, 7) is 8.16. The maximum Gasteiger partial charge on any atom is 0.139 e. The molecule has 4 aliphatic carbocycles. The van der Waals surface area contributed by atoms with Gasteiger partial charge >= 0.3 is 0 Å².